The van der Waals surface area contributed by atoms with Crippen LogP contribution in [0.25, 0.3) is 0 Å². The van der Waals surface area contributed by atoms with E-state index in [2.05, 4.69) is 27.7 Å². The molecule has 2 heteroatoms. The lowest BCUT2D eigenvalue weighted by atomic mass is 9.89. The van der Waals surface area contributed by atoms with Crippen molar-refractivity contribution in [2.24, 2.45) is 17.8 Å². The number of aliphatic carboxylic acids is 1. The molecular formula is C24H48O2. The molecule has 0 aromatic rings. The molecule has 0 aromatic carbocycles. The van der Waals surface area contributed by atoms with Gasteiger partial charge in [0.25, 0.3) is 0 Å². The van der Waals surface area contributed by atoms with Crippen molar-refractivity contribution in [1.82, 2.24) is 0 Å². The van der Waals surface area contributed by atoms with Crippen LogP contribution in [0.1, 0.15) is 130 Å². The molecular weight excluding hydrogens is 320 g/mol. The quantitative estimate of drug-likeness (QED) is 0.233. The Morgan fingerprint density at radius 1 is 0.654 bits per heavy atom. The van der Waals surface area contributed by atoms with Crippen LogP contribution < -0.4 is 0 Å². The Morgan fingerprint density at radius 3 is 1.69 bits per heavy atom. The maximum atomic E-state index is 11.5. The number of carboxylic acid groups (broad SMARTS) is 1. The maximum Gasteiger partial charge on any atom is 0.306 e. The highest BCUT2D eigenvalue weighted by Crippen LogP contribution is 2.23. The van der Waals surface area contributed by atoms with Crippen LogP contribution in [0.5, 0.6) is 0 Å². The predicted molar refractivity (Wildman–Crippen MR) is 115 cm³/mol. The van der Waals surface area contributed by atoms with E-state index < -0.39 is 5.97 Å². The van der Waals surface area contributed by atoms with E-state index in [1.807, 2.05) is 0 Å². The van der Waals surface area contributed by atoms with Gasteiger partial charge in [-0.15, -0.1) is 0 Å². The van der Waals surface area contributed by atoms with Gasteiger partial charge in [-0.25, -0.2) is 0 Å². The summed E-state index contributed by atoms with van der Waals surface area (Å²) in [7, 11) is 0. The molecule has 0 rings (SSSR count). The van der Waals surface area contributed by atoms with Crippen LogP contribution in [0.4, 0.5) is 0 Å². The molecule has 0 radical (unpaired) electrons. The first-order chi connectivity index (χ1) is 12.5. The van der Waals surface area contributed by atoms with Crippen molar-refractivity contribution in [3.8, 4) is 0 Å². The number of hydrogen-bond donors (Lipinski definition) is 1. The van der Waals surface area contributed by atoms with Crippen molar-refractivity contribution in [2.75, 3.05) is 0 Å². The van der Waals surface area contributed by atoms with Crippen LogP contribution in [-0.2, 0) is 4.79 Å². The summed E-state index contributed by atoms with van der Waals surface area (Å²) < 4.78 is 0. The molecule has 26 heavy (non-hydrogen) atoms. The van der Waals surface area contributed by atoms with Gasteiger partial charge in [0.05, 0.1) is 5.92 Å². The molecule has 0 spiro atoms. The lowest BCUT2D eigenvalue weighted by Gasteiger charge is -2.16. The molecule has 0 fully saturated rings. The third kappa shape index (κ3) is 16.9. The molecule has 2 atom stereocenters. The zero-order valence-corrected chi connectivity index (χ0v) is 18.4. The molecule has 0 aliphatic carbocycles. The smallest absolute Gasteiger partial charge is 0.306 e. The zero-order valence-electron chi connectivity index (χ0n) is 18.4. The first-order valence-corrected chi connectivity index (χ1v) is 11.7. The van der Waals surface area contributed by atoms with Gasteiger partial charge < -0.3 is 5.11 Å². The first-order valence-electron chi connectivity index (χ1n) is 11.7. The van der Waals surface area contributed by atoms with Gasteiger partial charge in [-0.05, 0) is 31.1 Å². The molecule has 156 valence electrons. The third-order valence-corrected chi connectivity index (χ3v) is 5.74. The van der Waals surface area contributed by atoms with Gasteiger partial charge in [-0.2, -0.15) is 0 Å². The van der Waals surface area contributed by atoms with E-state index in [1.165, 1.54) is 77.0 Å². The van der Waals surface area contributed by atoms with Gasteiger partial charge in [0.15, 0.2) is 0 Å². The minimum Gasteiger partial charge on any atom is -0.481 e. The number of carboxylic acids is 1. The molecule has 2 unspecified atom stereocenters. The minimum absolute atomic E-state index is 0.114. The van der Waals surface area contributed by atoms with Crippen molar-refractivity contribution < 1.29 is 9.90 Å². The fraction of sp³-hybridized carbons (Fsp3) is 0.958. The molecule has 0 saturated carbocycles. The molecule has 0 aliphatic heterocycles. The Hall–Kier alpha value is -0.530. The van der Waals surface area contributed by atoms with E-state index in [4.69, 9.17) is 0 Å². The highest BCUT2D eigenvalue weighted by Gasteiger charge is 2.18. The van der Waals surface area contributed by atoms with Gasteiger partial charge in [-0.3, -0.25) is 4.79 Å². The van der Waals surface area contributed by atoms with Gasteiger partial charge in [0, 0.05) is 0 Å². The van der Waals surface area contributed by atoms with Gasteiger partial charge in [-0.1, -0.05) is 111 Å². The van der Waals surface area contributed by atoms with Crippen LogP contribution in [0.2, 0.25) is 0 Å². The Balaban J connectivity index is 3.66. The SMILES string of the molecule is CCCCCCCCCCCCC(CCC(C)CCCC(C)C)C(=O)O. The molecule has 0 bridgehead atoms. The Morgan fingerprint density at radius 2 is 1.19 bits per heavy atom. The van der Waals surface area contributed by atoms with Crippen molar-refractivity contribution in [2.45, 2.75) is 130 Å². The van der Waals surface area contributed by atoms with Crippen molar-refractivity contribution in [3.05, 3.63) is 0 Å². The lowest BCUT2D eigenvalue weighted by molar-refractivity contribution is -0.142. The van der Waals surface area contributed by atoms with Crippen LogP contribution in [0.3, 0.4) is 0 Å². The van der Waals surface area contributed by atoms with Crippen molar-refractivity contribution in [3.63, 3.8) is 0 Å². The van der Waals surface area contributed by atoms with E-state index in [1.54, 1.807) is 0 Å². The van der Waals surface area contributed by atoms with Crippen LogP contribution >= 0.6 is 0 Å². The van der Waals surface area contributed by atoms with Gasteiger partial charge in [0.1, 0.15) is 0 Å². The molecule has 2 nitrogen and oxygen atoms in total. The molecule has 0 saturated heterocycles. The summed E-state index contributed by atoms with van der Waals surface area (Å²) >= 11 is 0. The molecule has 0 amide bonds. The Labute approximate surface area is 164 Å². The summed E-state index contributed by atoms with van der Waals surface area (Å²) in [6.07, 6.45) is 19.8. The largest absolute Gasteiger partial charge is 0.481 e. The van der Waals surface area contributed by atoms with E-state index in [9.17, 15) is 9.90 Å². The van der Waals surface area contributed by atoms with E-state index in [-0.39, 0.29) is 5.92 Å². The predicted octanol–water partition coefficient (Wildman–Crippen LogP) is 8.24. The summed E-state index contributed by atoms with van der Waals surface area (Å²) in [6.45, 7) is 9.10. The van der Waals surface area contributed by atoms with Crippen molar-refractivity contribution in [1.29, 1.82) is 0 Å². The molecule has 0 heterocycles. The number of hydrogen-bond acceptors (Lipinski definition) is 1. The number of carbonyl (C=O) groups is 1. The summed E-state index contributed by atoms with van der Waals surface area (Å²) in [6, 6.07) is 0. The summed E-state index contributed by atoms with van der Waals surface area (Å²) in [5.41, 5.74) is 0. The number of unbranched alkanes of at least 4 members (excludes halogenated alkanes) is 9. The van der Waals surface area contributed by atoms with Crippen LogP contribution in [0, 0.1) is 17.8 Å². The topological polar surface area (TPSA) is 37.3 Å². The van der Waals surface area contributed by atoms with Gasteiger partial charge >= 0.3 is 5.97 Å². The van der Waals surface area contributed by atoms with Crippen molar-refractivity contribution >= 4 is 5.97 Å². The van der Waals surface area contributed by atoms with Crippen LogP contribution in [0.15, 0.2) is 0 Å². The fourth-order valence-electron chi connectivity index (χ4n) is 3.77. The second-order valence-electron chi connectivity index (χ2n) is 9.01. The van der Waals surface area contributed by atoms with E-state index >= 15 is 0 Å². The van der Waals surface area contributed by atoms with E-state index in [0.29, 0.717) is 5.92 Å². The second kappa shape index (κ2) is 17.9. The average molecular weight is 369 g/mol. The number of rotatable bonds is 19. The molecule has 0 aliphatic rings. The lowest BCUT2D eigenvalue weighted by Crippen LogP contribution is -2.15. The maximum absolute atomic E-state index is 11.5. The average Bonchev–Trinajstić information content (AvgIpc) is 2.58. The standard InChI is InChI=1S/C24H48O2/c1-5-6-7-8-9-10-11-12-13-14-18-23(24(25)26)20-19-22(4)17-15-16-21(2)3/h21-23H,5-20H2,1-4H3,(H,25,26). The fourth-order valence-corrected chi connectivity index (χ4v) is 3.77. The van der Waals surface area contributed by atoms with Gasteiger partial charge in [0.2, 0.25) is 0 Å². The summed E-state index contributed by atoms with van der Waals surface area (Å²) in [4.78, 5) is 11.5. The monoisotopic (exact) mass is 368 g/mol. The highest BCUT2D eigenvalue weighted by molar-refractivity contribution is 5.69. The summed E-state index contributed by atoms with van der Waals surface area (Å²) in [5.74, 6) is 0.764. The first kappa shape index (κ1) is 25.5. The molecule has 1 N–H and O–H groups in total. The normalized spacial score (nSPS) is 13.9. The Bertz CT molecular complexity index is 311. The third-order valence-electron chi connectivity index (χ3n) is 5.74. The minimum atomic E-state index is -0.574. The van der Waals surface area contributed by atoms with E-state index in [0.717, 1.165) is 31.6 Å². The zero-order chi connectivity index (χ0) is 19.6. The summed E-state index contributed by atoms with van der Waals surface area (Å²) in [5, 5.41) is 9.48. The highest BCUT2D eigenvalue weighted by atomic mass is 16.4. The van der Waals surface area contributed by atoms with Crippen LogP contribution in [-0.4, -0.2) is 11.1 Å². The molecule has 0 aromatic heterocycles. The Kier molecular flexibility index (Phi) is 17.5. The second-order valence-corrected chi connectivity index (χ2v) is 9.01.